The van der Waals surface area contributed by atoms with Gasteiger partial charge in [-0.15, -0.1) is 0 Å². The standard InChI is InChI=1S/C11H18N2O/c1-3-10(9-14-2)13-8-11-6-4-5-7-12-11/h4-7,10,13H,3,8-9H2,1-2H3. The lowest BCUT2D eigenvalue weighted by molar-refractivity contribution is 0.163. The van der Waals surface area contributed by atoms with Crippen molar-refractivity contribution in [3.8, 4) is 0 Å². The fourth-order valence-electron chi connectivity index (χ4n) is 1.27. The lowest BCUT2D eigenvalue weighted by atomic mass is 10.2. The Morgan fingerprint density at radius 3 is 2.93 bits per heavy atom. The second kappa shape index (κ2) is 6.51. The molecule has 1 heterocycles. The summed E-state index contributed by atoms with van der Waals surface area (Å²) in [6, 6.07) is 6.37. The molecule has 0 radical (unpaired) electrons. The Morgan fingerprint density at radius 1 is 1.50 bits per heavy atom. The van der Waals surface area contributed by atoms with E-state index in [1.54, 1.807) is 7.11 Å². The van der Waals surface area contributed by atoms with Gasteiger partial charge < -0.3 is 10.1 Å². The predicted octanol–water partition coefficient (Wildman–Crippen LogP) is 1.60. The second-order valence-electron chi connectivity index (χ2n) is 3.26. The Bertz CT molecular complexity index is 238. The number of aromatic nitrogens is 1. The molecule has 1 aromatic rings. The summed E-state index contributed by atoms with van der Waals surface area (Å²) in [4.78, 5) is 4.24. The summed E-state index contributed by atoms with van der Waals surface area (Å²) in [5.41, 5.74) is 1.07. The van der Waals surface area contributed by atoms with E-state index in [-0.39, 0.29) is 0 Å². The van der Waals surface area contributed by atoms with Gasteiger partial charge in [0.1, 0.15) is 0 Å². The maximum atomic E-state index is 5.10. The van der Waals surface area contributed by atoms with E-state index >= 15 is 0 Å². The number of hydrogen-bond acceptors (Lipinski definition) is 3. The molecule has 0 saturated carbocycles. The summed E-state index contributed by atoms with van der Waals surface area (Å²) in [6.07, 6.45) is 2.88. The normalized spacial score (nSPS) is 12.7. The van der Waals surface area contributed by atoms with Gasteiger partial charge in [0.05, 0.1) is 12.3 Å². The number of hydrogen-bond donors (Lipinski definition) is 1. The molecule has 0 fully saturated rings. The van der Waals surface area contributed by atoms with Crippen LogP contribution in [0.15, 0.2) is 24.4 Å². The monoisotopic (exact) mass is 194 g/mol. The zero-order valence-electron chi connectivity index (χ0n) is 8.86. The minimum atomic E-state index is 0.419. The van der Waals surface area contributed by atoms with Crippen LogP contribution in [0.2, 0.25) is 0 Å². The third kappa shape index (κ3) is 3.85. The number of rotatable bonds is 6. The first-order chi connectivity index (χ1) is 6.86. The summed E-state index contributed by atoms with van der Waals surface area (Å²) < 4.78 is 5.10. The molecule has 1 unspecified atom stereocenters. The van der Waals surface area contributed by atoms with Gasteiger partial charge >= 0.3 is 0 Å². The van der Waals surface area contributed by atoms with Gasteiger partial charge in [-0.1, -0.05) is 13.0 Å². The Labute approximate surface area is 85.5 Å². The van der Waals surface area contributed by atoms with E-state index in [1.807, 2.05) is 24.4 Å². The predicted molar refractivity (Wildman–Crippen MR) is 57.0 cm³/mol. The number of nitrogens with zero attached hydrogens (tertiary/aromatic N) is 1. The molecule has 1 atom stereocenters. The molecule has 0 aliphatic rings. The third-order valence-electron chi connectivity index (χ3n) is 2.16. The molecule has 3 heteroatoms. The van der Waals surface area contributed by atoms with Crippen molar-refractivity contribution in [2.75, 3.05) is 13.7 Å². The van der Waals surface area contributed by atoms with E-state index in [1.165, 1.54) is 0 Å². The molecule has 0 saturated heterocycles. The highest BCUT2D eigenvalue weighted by atomic mass is 16.5. The van der Waals surface area contributed by atoms with Crippen LogP contribution in [0.5, 0.6) is 0 Å². The topological polar surface area (TPSA) is 34.1 Å². The van der Waals surface area contributed by atoms with Gasteiger partial charge in [-0.3, -0.25) is 4.98 Å². The van der Waals surface area contributed by atoms with Crippen LogP contribution in [-0.2, 0) is 11.3 Å². The summed E-state index contributed by atoms with van der Waals surface area (Å²) in [7, 11) is 1.73. The SMILES string of the molecule is CCC(COC)NCc1ccccn1. The summed E-state index contributed by atoms with van der Waals surface area (Å²) in [6.45, 7) is 3.71. The molecule has 0 amide bonds. The molecule has 1 N–H and O–H groups in total. The Kier molecular flexibility index (Phi) is 5.19. The number of nitrogens with one attached hydrogen (secondary N) is 1. The lowest BCUT2D eigenvalue weighted by Crippen LogP contribution is -2.32. The fraction of sp³-hybridized carbons (Fsp3) is 0.545. The first kappa shape index (κ1) is 11.1. The van der Waals surface area contributed by atoms with Crippen LogP contribution in [0.3, 0.4) is 0 Å². The van der Waals surface area contributed by atoms with Crippen molar-refractivity contribution in [1.29, 1.82) is 0 Å². The summed E-state index contributed by atoms with van der Waals surface area (Å²) in [5, 5.41) is 3.40. The van der Waals surface area contributed by atoms with Crippen molar-refractivity contribution in [3.05, 3.63) is 30.1 Å². The van der Waals surface area contributed by atoms with Gasteiger partial charge in [-0.25, -0.2) is 0 Å². The molecule has 0 spiro atoms. The van der Waals surface area contributed by atoms with Gasteiger partial charge in [0.25, 0.3) is 0 Å². The molecule has 78 valence electrons. The Hall–Kier alpha value is -0.930. The van der Waals surface area contributed by atoms with Crippen molar-refractivity contribution < 1.29 is 4.74 Å². The zero-order valence-corrected chi connectivity index (χ0v) is 8.86. The first-order valence-corrected chi connectivity index (χ1v) is 4.99. The fourth-order valence-corrected chi connectivity index (χ4v) is 1.27. The average molecular weight is 194 g/mol. The van der Waals surface area contributed by atoms with Gasteiger partial charge in [0.15, 0.2) is 0 Å². The Morgan fingerprint density at radius 2 is 2.36 bits per heavy atom. The van der Waals surface area contributed by atoms with E-state index in [9.17, 15) is 0 Å². The highest BCUT2D eigenvalue weighted by Gasteiger charge is 2.04. The van der Waals surface area contributed by atoms with Crippen molar-refractivity contribution in [2.24, 2.45) is 0 Å². The van der Waals surface area contributed by atoms with Gasteiger partial charge in [0.2, 0.25) is 0 Å². The molecule has 14 heavy (non-hydrogen) atoms. The number of pyridine rings is 1. The molecule has 3 nitrogen and oxygen atoms in total. The third-order valence-corrected chi connectivity index (χ3v) is 2.16. The van der Waals surface area contributed by atoms with Crippen LogP contribution in [0, 0.1) is 0 Å². The largest absolute Gasteiger partial charge is 0.383 e. The highest BCUT2D eigenvalue weighted by Crippen LogP contribution is 1.96. The summed E-state index contributed by atoms with van der Waals surface area (Å²) >= 11 is 0. The molecule has 0 aromatic carbocycles. The van der Waals surface area contributed by atoms with Crippen LogP contribution in [0.1, 0.15) is 19.0 Å². The van der Waals surface area contributed by atoms with E-state index in [2.05, 4.69) is 17.2 Å². The molecular formula is C11H18N2O. The minimum absolute atomic E-state index is 0.419. The van der Waals surface area contributed by atoms with Crippen LogP contribution >= 0.6 is 0 Å². The van der Waals surface area contributed by atoms with Crippen molar-refractivity contribution in [3.63, 3.8) is 0 Å². The van der Waals surface area contributed by atoms with E-state index < -0.39 is 0 Å². The van der Waals surface area contributed by atoms with Crippen LogP contribution < -0.4 is 5.32 Å². The van der Waals surface area contributed by atoms with Crippen LogP contribution in [0.25, 0.3) is 0 Å². The quantitative estimate of drug-likeness (QED) is 0.747. The molecule has 1 aromatic heterocycles. The maximum absolute atomic E-state index is 5.10. The number of ether oxygens (including phenoxy) is 1. The van der Waals surface area contributed by atoms with Crippen molar-refractivity contribution in [1.82, 2.24) is 10.3 Å². The van der Waals surface area contributed by atoms with Crippen molar-refractivity contribution >= 4 is 0 Å². The number of methoxy groups -OCH3 is 1. The van der Waals surface area contributed by atoms with E-state index in [0.29, 0.717) is 6.04 Å². The van der Waals surface area contributed by atoms with Crippen molar-refractivity contribution in [2.45, 2.75) is 25.9 Å². The average Bonchev–Trinajstić information content (AvgIpc) is 2.25. The smallest absolute Gasteiger partial charge is 0.0615 e. The Balaban J connectivity index is 2.32. The van der Waals surface area contributed by atoms with Crippen LogP contribution in [0.4, 0.5) is 0 Å². The molecule has 0 aliphatic heterocycles. The van der Waals surface area contributed by atoms with Gasteiger partial charge in [-0.2, -0.15) is 0 Å². The molecule has 0 aliphatic carbocycles. The zero-order chi connectivity index (χ0) is 10.2. The molecular weight excluding hydrogens is 176 g/mol. The summed E-state index contributed by atoms with van der Waals surface area (Å²) in [5.74, 6) is 0. The minimum Gasteiger partial charge on any atom is -0.383 e. The van der Waals surface area contributed by atoms with Gasteiger partial charge in [0, 0.05) is 25.9 Å². The highest BCUT2D eigenvalue weighted by molar-refractivity contribution is 5.03. The molecule has 0 bridgehead atoms. The van der Waals surface area contributed by atoms with Crippen LogP contribution in [-0.4, -0.2) is 24.7 Å². The van der Waals surface area contributed by atoms with E-state index in [0.717, 1.165) is 25.3 Å². The second-order valence-corrected chi connectivity index (χ2v) is 3.26. The lowest BCUT2D eigenvalue weighted by Gasteiger charge is -2.15. The maximum Gasteiger partial charge on any atom is 0.0615 e. The first-order valence-electron chi connectivity index (χ1n) is 4.99. The van der Waals surface area contributed by atoms with Gasteiger partial charge in [-0.05, 0) is 18.6 Å². The van der Waals surface area contributed by atoms with E-state index in [4.69, 9.17) is 4.74 Å². The molecule has 1 rings (SSSR count).